The van der Waals surface area contributed by atoms with Crippen LogP contribution in [0.15, 0.2) is 30.5 Å². The van der Waals surface area contributed by atoms with Gasteiger partial charge in [0.1, 0.15) is 16.9 Å². The number of hydrogen-bond donors (Lipinski definition) is 2. The van der Waals surface area contributed by atoms with E-state index < -0.39 is 5.97 Å². The Morgan fingerprint density at radius 3 is 2.37 bits per heavy atom. The van der Waals surface area contributed by atoms with E-state index in [9.17, 15) is 4.79 Å². The summed E-state index contributed by atoms with van der Waals surface area (Å²) in [6, 6.07) is 8.31. The molecule has 2 aromatic rings. The Hall–Kier alpha value is -2.62. The van der Waals surface area contributed by atoms with E-state index in [4.69, 9.17) is 21.3 Å². The summed E-state index contributed by atoms with van der Waals surface area (Å²) in [5.74, 6) is 0.478. The van der Waals surface area contributed by atoms with Crippen molar-refractivity contribution in [1.82, 2.24) is 19.8 Å². The minimum atomic E-state index is -0.429. The van der Waals surface area contributed by atoms with Gasteiger partial charge in [0.05, 0.1) is 6.61 Å². The van der Waals surface area contributed by atoms with Crippen molar-refractivity contribution >= 4 is 40.7 Å². The average Bonchev–Trinajstić information content (AvgIpc) is 2.85. The van der Waals surface area contributed by atoms with E-state index in [-0.39, 0.29) is 29.2 Å². The molecular formula is C28H42ClN7O2. The van der Waals surface area contributed by atoms with Crippen LogP contribution in [0.5, 0.6) is 0 Å². The Morgan fingerprint density at radius 1 is 1.11 bits per heavy atom. The second-order valence-electron chi connectivity index (χ2n) is 11.6. The number of hydrogen-bond acceptors (Lipinski definition) is 9. The average molecular weight is 544 g/mol. The van der Waals surface area contributed by atoms with E-state index in [2.05, 4.69) is 77.2 Å². The second-order valence-corrected chi connectivity index (χ2v) is 12.1. The molecule has 38 heavy (non-hydrogen) atoms. The van der Waals surface area contributed by atoms with Gasteiger partial charge in [-0.25, -0.2) is 9.78 Å². The third-order valence-corrected chi connectivity index (χ3v) is 8.46. The number of carbonyl (C=O) groups excluding carboxylic acids is 1. The molecule has 0 saturated carbocycles. The number of ether oxygens (including phenoxy) is 1. The van der Waals surface area contributed by atoms with Gasteiger partial charge in [0, 0.05) is 54.3 Å². The van der Waals surface area contributed by atoms with Gasteiger partial charge in [0.25, 0.3) is 0 Å². The lowest BCUT2D eigenvalue weighted by atomic mass is 9.77. The van der Waals surface area contributed by atoms with Crippen LogP contribution < -0.4 is 15.5 Å². The summed E-state index contributed by atoms with van der Waals surface area (Å²) >= 11 is 6.44. The summed E-state index contributed by atoms with van der Waals surface area (Å²) in [4.78, 5) is 28.8. The minimum Gasteiger partial charge on any atom is -0.462 e. The van der Waals surface area contributed by atoms with Crippen LogP contribution in [0.3, 0.4) is 0 Å². The van der Waals surface area contributed by atoms with Crippen molar-refractivity contribution in [2.24, 2.45) is 0 Å². The maximum absolute atomic E-state index is 12.7. The molecule has 1 atom stereocenters. The molecule has 2 fully saturated rings. The largest absolute Gasteiger partial charge is 0.462 e. The number of likely N-dealkylation sites (N-methyl/N-ethyl adjacent to an activating group) is 1. The van der Waals surface area contributed by atoms with E-state index in [1.807, 2.05) is 19.2 Å². The molecule has 2 aliphatic rings. The van der Waals surface area contributed by atoms with Crippen molar-refractivity contribution in [3.63, 3.8) is 0 Å². The maximum Gasteiger partial charge on any atom is 0.343 e. The number of nitrogens with one attached hydrogen (secondary N) is 2. The fraction of sp³-hybridized carbons (Fsp3) is 0.607. The van der Waals surface area contributed by atoms with Crippen molar-refractivity contribution in [3.8, 4) is 0 Å². The lowest BCUT2D eigenvalue weighted by Crippen LogP contribution is -2.61. The molecule has 0 bridgehead atoms. The third-order valence-electron chi connectivity index (χ3n) is 7.99. The summed E-state index contributed by atoms with van der Waals surface area (Å²) in [5, 5.41) is 6.85. The van der Waals surface area contributed by atoms with E-state index in [0.29, 0.717) is 17.3 Å². The molecule has 1 aromatic carbocycles. The zero-order valence-electron chi connectivity index (χ0n) is 23.7. The number of aromatic nitrogens is 2. The van der Waals surface area contributed by atoms with Gasteiger partial charge in [0.15, 0.2) is 0 Å². The van der Waals surface area contributed by atoms with E-state index >= 15 is 0 Å². The normalized spacial score (nSPS) is 22.2. The molecule has 0 amide bonds. The first-order valence-electron chi connectivity index (χ1n) is 13.4. The first kappa shape index (κ1) is 28.4. The Bertz CT molecular complexity index is 1110. The molecule has 2 saturated heterocycles. The predicted octanol–water partition coefficient (Wildman–Crippen LogP) is 4.78. The van der Waals surface area contributed by atoms with Crippen molar-refractivity contribution in [3.05, 3.63) is 36.0 Å². The van der Waals surface area contributed by atoms with E-state index in [1.165, 1.54) is 0 Å². The summed E-state index contributed by atoms with van der Waals surface area (Å²) in [6.07, 6.45) is 3.37. The fourth-order valence-electron chi connectivity index (χ4n) is 5.53. The summed E-state index contributed by atoms with van der Waals surface area (Å²) in [6.45, 7) is 13.7. The van der Waals surface area contributed by atoms with Gasteiger partial charge < -0.3 is 20.3 Å². The van der Waals surface area contributed by atoms with Crippen molar-refractivity contribution < 1.29 is 9.53 Å². The molecule has 2 N–H and O–H groups in total. The number of benzene rings is 1. The molecule has 0 spiro atoms. The molecule has 208 valence electrons. The zero-order valence-corrected chi connectivity index (χ0v) is 24.5. The molecule has 0 aliphatic carbocycles. The molecule has 4 rings (SSSR count). The van der Waals surface area contributed by atoms with Gasteiger partial charge in [-0.15, -0.1) is 11.6 Å². The molecule has 0 radical (unpaired) electrons. The quantitative estimate of drug-likeness (QED) is 0.291. The highest BCUT2D eigenvalue weighted by molar-refractivity contribution is 6.20. The predicted molar refractivity (Wildman–Crippen MR) is 155 cm³/mol. The summed E-state index contributed by atoms with van der Waals surface area (Å²) < 4.78 is 5.30. The number of anilines is 4. The highest BCUT2D eigenvalue weighted by Gasteiger charge is 2.43. The van der Waals surface area contributed by atoms with Crippen LogP contribution in [0.4, 0.5) is 23.1 Å². The number of esters is 1. The standard InChI is InChI=1S/C28H42ClN7O2/c1-8-38-25(37)22-17-30-26(33-24(22)31-20-15-27(2,3)35(7)28(4,5)16-20)32-19-9-11-21(12-10-19)36-14-13-34(6)23(29)18-36/h9-12,17,20,23H,8,13-16,18H2,1-7H3,(H2,30,31,32,33). The number of likely N-dealkylation sites (tertiary alicyclic amines) is 1. The van der Waals surface area contributed by atoms with Crippen LogP contribution in [-0.2, 0) is 4.74 Å². The molecule has 3 heterocycles. The van der Waals surface area contributed by atoms with Gasteiger partial charge in [-0.3, -0.25) is 9.80 Å². The van der Waals surface area contributed by atoms with Crippen molar-refractivity contribution in [1.29, 1.82) is 0 Å². The Balaban J connectivity index is 1.53. The smallest absolute Gasteiger partial charge is 0.343 e. The first-order chi connectivity index (χ1) is 17.9. The number of rotatable bonds is 7. The SMILES string of the molecule is CCOC(=O)c1cnc(Nc2ccc(N3CCN(C)C(Cl)C3)cc2)nc1NC1CC(C)(C)N(C)C(C)(C)C1. The molecular weight excluding hydrogens is 502 g/mol. The lowest BCUT2D eigenvalue weighted by molar-refractivity contribution is -0.00773. The van der Waals surface area contributed by atoms with Crippen LogP contribution in [0.1, 0.15) is 57.8 Å². The molecule has 1 aromatic heterocycles. The van der Waals surface area contributed by atoms with Crippen LogP contribution in [0, 0.1) is 0 Å². The second kappa shape index (κ2) is 11.2. The number of piperidine rings is 1. The van der Waals surface area contributed by atoms with Gasteiger partial charge in [0.2, 0.25) is 5.95 Å². The Kier molecular flexibility index (Phi) is 8.40. The minimum absolute atomic E-state index is 0.000464. The summed E-state index contributed by atoms with van der Waals surface area (Å²) in [7, 11) is 4.23. The van der Waals surface area contributed by atoms with Crippen LogP contribution >= 0.6 is 11.6 Å². The Morgan fingerprint density at radius 2 is 1.76 bits per heavy atom. The maximum atomic E-state index is 12.7. The number of piperazine rings is 1. The number of alkyl halides is 1. The zero-order chi connectivity index (χ0) is 27.7. The first-order valence-corrected chi connectivity index (χ1v) is 13.8. The fourth-order valence-corrected chi connectivity index (χ4v) is 5.79. The number of nitrogens with zero attached hydrogens (tertiary/aromatic N) is 5. The van der Waals surface area contributed by atoms with Crippen molar-refractivity contribution in [2.75, 3.05) is 55.9 Å². The van der Waals surface area contributed by atoms with Gasteiger partial charge in [-0.05, 0) is 85.8 Å². The molecule has 2 aliphatic heterocycles. The van der Waals surface area contributed by atoms with Crippen LogP contribution in [0.25, 0.3) is 0 Å². The number of carbonyl (C=O) groups is 1. The Labute approximate surface area is 231 Å². The monoisotopic (exact) mass is 543 g/mol. The van der Waals surface area contributed by atoms with Gasteiger partial charge >= 0.3 is 5.97 Å². The van der Waals surface area contributed by atoms with Gasteiger partial charge in [-0.2, -0.15) is 4.98 Å². The molecule has 10 heteroatoms. The summed E-state index contributed by atoms with van der Waals surface area (Å²) in [5.41, 5.74) is 2.32. The molecule has 1 unspecified atom stereocenters. The topological polar surface area (TPSA) is 85.9 Å². The lowest BCUT2D eigenvalue weighted by Gasteiger charge is -2.53. The van der Waals surface area contributed by atoms with E-state index in [1.54, 1.807) is 13.1 Å². The van der Waals surface area contributed by atoms with Crippen LogP contribution in [0.2, 0.25) is 0 Å². The highest BCUT2D eigenvalue weighted by atomic mass is 35.5. The van der Waals surface area contributed by atoms with Crippen molar-refractivity contribution in [2.45, 2.75) is 70.1 Å². The van der Waals surface area contributed by atoms with Gasteiger partial charge in [-0.1, -0.05) is 0 Å². The molecule has 9 nitrogen and oxygen atoms in total. The highest BCUT2D eigenvalue weighted by Crippen LogP contribution is 2.38. The number of halogens is 1. The third kappa shape index (κ3) is 6.33. The van der Waals surface area contributed by atoms with Crippen LogP contribution in [-0.4, -0.2) is 88.7 Å². The van der Waals surface area contributed by atoms with E-state index in [0.717, 1.165) is 43.9 Å².